The zero-order valence-corrected chi connectivity index (χ0v) is 9.28. The van der Waals surface area contributed by atoms with Crippen LogP contribution in [0.5, 0.6) is 0 Å². The predicted molar refractivity (Wildman–Crippen MR) is 59.4 cm³/mol. The van der Waals surface area contributed by atoms with Crippen LogP contribution in [0.15, 0.2) is 0 Å². The molecule has 2 saturated heterocycles. The van der Waals surface area contributed by atoms with Gasteiger partial charge in [-0.3, -0.25) is 4.90 Å². The highest BCUT2D eigenvalue weighted by molar-refractivity contribution is 7.99. The van der Waals surface area contributed by atoms with E-state index >= 15 is 0 Å². The summed E-state index contributed by atoms with van der Waals surface area (Å²) in [6.45, 7) is 5.99. The topological polar surface area (TPSA) is 15.3 Å². The molecule has 2 rings (SSSR count). The molecule has 0 aliphatic carbocycles. The molecular weight excluding hydrogens is 180 g/mol. The summed E-state index contributed by atoms with van der Waals surface area (Å²) in [5, 5.41) is 3.50. The van der Waals surface area contributed by atoms with E-state index in [1.807, 2.05) is 0 Å². The summed E-state index contributed by atoms with van der Waals surface area (Å²) in [5.41, 5.74) is 0. The van der Waals surface area contributed by atoms with Crippen LogP contribution in [0, 0.1) is 0 Å². The van der Waals surface area contributed by atoms with E-state index in [0.29, 0.717) is 6.04 Å². The summed E-state index contributed by atoms with van der Waals surface area (Å²) in [4.78, 5) is 2.69. The van der Waals surface area contributed by atoms with E-state index in [9.17, 15) is 0 Å². The molecule has 2 aliphatic rings. The Balaban J connectivity index is 1.83. The van der Waals surface area contributed by atoms with Gasteiger partial charge >= 0.3 is 0 Å². The molecule has 0 aromatic carbocycles. The number of hydrogen-bond acceptors (Lipinski definition) is 3. The Morgan fingerprint density at radius 1 is 1.46 bits per heavy atom. The van der Waals surface area contributed by atoms with Gasteiger partial charge in [0.2, 0.25) is 0 Å². The van der Waals surface area contributed by atoms with Crippen molar-refractivity contribution >= 4 is 11.8 Å². The van der Waals surface area contributed by atoms with Crippen LogP contribution in [-0.2, 0) is 0 Å². The summed E-state index contributed by atoms with van der Waals surface area (Å²) < 4.78 is 0. The van der Waals surface area contributed by atoms with Gasteiger partial charge in [-0.15, -0.1) is 0 Å². The standard InChI is InChI=1S/C10H20N2S/c1-9-7-12(5-4-11-9)10-3-2-6-13-8-10/h9-11H,2-8H2,1H3. The first kappa shape index (κ1) is 9.81. The summed E-state index contributed by atoms with van der Waals surface area (Å²) in [5.74, 6) is 2.75. The second-order valence-corrected chi connectivity index (χ2v) is 5.37. The van der Waals surface area contributed by atoms with Crippen molar-refractivity contribution < 1.29 is 0 Å². The maximum absolute atomic E-state index is 3.50. The Kier molecular flexibility index (Phi) is 3.52. The van der Waals surface area contributed by atoms with E-state index < -0.39 is 0 Å². The molecule has 2 unspecified atom stereocenters. The number of nitrogens with one attached hydrogen (secondary N) is 1. The minimum atomic E-state index is 0.695. The lowest BCUT2D eigenvalue weighted by molar-refractivity contribution is 0.152. The highest BCUT2D eigenvalue weighted by Crippen LogP contribution is 2.22. The third-order valence-electron chi connectivity index (χ3n) is 3.05. The van der Waals surface area contributed by atoms with Crippen LogP contribution in [0.4, 0.5) is 0 Å². The van der Waals surface area contributed by atoms with Gasteiger partial charge in [0.05, 0.1) is 0 Å². The molecule has 2 fully saturated rings. The second-order valence-electron chi connectivity index (χ2n) is 4.22. The second kappa shape index (κ2) is 4.67. The fraction of sp³-hybridized carbons (Fsp3) is 1.00. The van der Waals surface area contributed by atoms with Gasteiger partial charge in [-0.1, -0.05) is 0 Å². The quantitative estimate of drug-likeness (QED) is 0.684. The third-order valence-corrected chi connectivity index (χ3v) is 4.25. The molecule has 2 heterocycles. The molecule has 0 aromatic heterocycles. The van der Waals surface area contributed by atoms with Gasteiger partial charge in [0, 0.05) is 37.5 Å². The summed E-state index contributed by atoms with van der Waals surface area (Å²) in [6, 6.07) is 1.57. The smallest absolute Gasteiger partial charge is 0.0187 e. The van der Waals surface area contributed by atoms with Crippen LogP contribution < -0.4 is 5.32 Å². The van der Waals surface area contributed by atoms with Gasteiger partial charge in [-0.2, -0.15) is 11.8 Å². The number of rotatable bonds is 1. The number of hydrogen-bond donors (Lipinski definition) is 1. The lowest BCUT2D eigenvalue weighted by atomic mass is 10.1. The van der Waals surface area contributed by atoms with Crippen LogP contribution >= 0.6 is 11.8 Å². The fourth-order valence-electron chi connectivity index (χ4n) is 2.31. The van der Waals surface area contributed by atoms with Gasteiger partial charge in [0.1, 0.15) is 0 Å². The molecule has 2 nitrogen and oxygen atoms in total. The minimum absolute atomic E-state index is 0.695. The zero-order chi connectivity index (χ0) is 9.10. The van der Waals surface area contributed by atoms with E-state index in [4.69, 9.17) is 0 Å². The normalized spacial score (nSPS) is 37.6. The van der Waals surface area contributed by atoms with Gasteiger partial charge in [0.15, 0.2) is 0 Å². The van der Waals surface area contributed by atoms with Crippen LogP contribution in [0.3, 0.4) is 0 Å². The Morgan fingerprint density at radius 2 is 2.38 bits per heavy atom. The highest BCUT2D eigenvalue weighted by atomic mass is 32.2. The van der Waals surface area contributed by atoms with Crippen molar-refractivity contribution in [3.63, 3.8) is 0 Å². The monoisotopic (exact) mass is 200 g/mol. The molecule has 0 spiro atoms. The number of piperazine rings is 1. The Hall–Kier alpha value is 0.270. The van der Waals surface area contributed by atoms with Crippen molar-refractivity contribution in [2.45, 2.75) is 31.8 Å². The summed E-state index contributed by atoms with van der Waals surface area (Å²) >= 11 is 2.14. The highest BCUT2D eigenvalue weighted by Gasteiger charge is 2.24. The average molecular weight is 200 g/mol. The Labute approximate surface area is 85.4 Å². The summed E-state index contributed by atoms with van der Waals surface area (Å²) in [7, 11) is 0. The number of thioether (sulfide) groups is 1. The van der Waals surface area contributed by atoms with Gasteiger partial charge < -0.3 is 5.32 Å². The minimum Gasteiger partial charge on any atom is -0.312 e. The van der Waals surface area contributed by atoms with Crippen molar-refractivity contribution in [1.82, 2.24) is 10.2 Å². The van der Waals surface area contributed by atoms with Crippen molar-refractivity contribution in [3.05, 3.63) is 0 Å². The molecule has 76 valence electrons. The molecule has 0 saturated carbocycles. The Morgan fingerprint density at radius 3 is 3.08 bits per heavy atom. The SMILES string of the molecule is CC1CN(C2CCCSC2)CCN1. The summed E-state index contributed by atoms with van der Waals surface area (Å²) in [6.07, 6.45) is 2.85. The van der Waals surface area contributed by atoms with E-state index in [1.54, 1.807) is 0 Å². The largest absolute Gasteiger partial charge is 0.312 e. The van der Waals surface area contributed by atoms with Gasteiger partial charge in [0.25, 0.3) is 0 Å². The predicted octanol–water partition coefficient (Wildman–Crippen LogP) is 1.18. The van der Waals surface area contributed by atoms with Gasteiger partial charge in [-0.25, -0.2) is 0 Å². The molecule has 0 amide bonds. The van der Waals surface area contributed by atoms with Crippen LogP contribution in [-0.4, -0.2) is 48.1 Å². The first-order chi connectivity index (χ1) is 6.36. The molecule has 0 aromatic rings. The first-order valence-corrected chi connectivity index (χ1v) is 6.57. The molecular formula is C10H20N2S. The molecule has 13 heavy (non-hydrogen) atoms. The third kappa shape index (κ3) is 2.61. The lowest BCUT2D eigenvalue weighted by Gasteiger charge is -2.39. The fourth-order valence-corrected chi connectivity index (χ4v) is 3.49. The van der Waals surface area contributed by atoms with Crippen LogP contribution in [0.25, 0.3) is 0 Å². The zero-order valence-electron chi connectivity index (χ0n) is 8.46. The van der Waals surface area contributed by atoms with Crippen LogP contribution in [0.1, 0.15) is 19.8 Å². The van der Waals surface area contributed by atoms with Crippen molar-refractivity contribution in [1.29, 1.82) is 0 Å². The lowest BCUT2D eigenvalue weighted by Crippen LogP contribution is -2.53. The molecule has 0 bridgehead atoms. The average Bonchev–Trinajstić information content (AvgIpc) is 2.19. The first-order valence-electron chi connectivity index (χ1n) is 5.41. The molecule has 2 aliphatic heterocycles. The van der Waals surface area contributed by atoms with Crippen molar-refractivity contribution in [3.8, 4) is 0 Å². The van der Waals surface area contributed by atoms with E-state index in [1.165, 1.54) is 44.0 Å². The van der Waals surface area contributed by atoms with Gasteiger partial charge in [-0.05, 0) is 25.5 Å². The van der Waals surface area contributed by atoms with Crippen molar-refractivity contribution in [2.24, 2.45) is 0 Å². The maximum atomic E-state index is 3.50. The van der Waals surface area contributed by atoms with Crippen molar-refractivity contribution in [2.75, 3.05) is 31.1 Å². The Bertz CT molecular complexity index is 157. The molecule has 1 N–H and O–H groups in total. The maximum Gasteiger partial charge on any atom is 0.0187 e. The molecule has 3 heteroatoms. The van der Waals surface area contributed by atoms with Crippen LogP contribution in [0.2, 0.25) is 0 Å². The molecule has 0 radical (unpaired) electrons. The number of nitrogens with zero attached hydrogens (tertiary/aromatic N) is 1. The van der Waals surface area contributed by atoms with E-state index in [0.717, 1.165) is 6.04 Å². The van der Waals surface area contributed by atoms with E-state index in [-0.39, 0.29) is 0 Å². The van der Waals surface area contributed by atoms with E-state index in [2.05, 4.69) is 28.9 Å². The molecule has 2 atom stereocenters.